The Kier molecular flexibility index (Phi) is 12.9. The van der Waals surface area contributed by atoms with Crippen molar-refractivity contribution in [1.82, 2.24) is 34.2 Å². The highest BCUT2D eigenvalue weighted by molar-refractivity contribution is 5.78. The first-order chi connectivity index (χ1) is 34.2. The van der Waals surface area contributed by atoms with Crippen LogP contribution in [-0.2, 0) is 24.4 Å². The van der Waals surface area contributed by atoms with Crippen molar-refractivity contribution in [2.24, 2.45) is 24.9 Å². The molecule has 8 heterocycles. The van der Waals surface area contributed by atoms with Gasteiger partial charge in [0.05, 0.1) is 42.6 Å². The van der Waals surface area contributed by atoms with E-state index in [0.717, 1.165) is 61.2 Å². The number of aromatic nitrogens is 4. The van der Waals surface area contributed by atoms with Crippen LogP contribution >= 0.6 is 0 Å². The smallest absolute Gasteiger partial charge is 0.410 e. The van der Waals surface area contributed by atoms with Gasteiger partial charge in [-0.25, -0.2) is 14.6 Å². The van der Waals surface area contributed by atoms with E-state index in [0.29, 0.717) is 62.5 Å². The van der Waals surface area contributed by atoms with Gasteiger partial charge in [-0.1, -0.05) is 30.3 Å². The van der Waals surface area contributed by atoms with Crippen molar-refractivity contribution in [3.8, 4) is 17.4 Å². The van der Waals surface area contributed by atoms with Crippen LogP contribution in [0, 0.1) is 24.7 Å². The lowest BCUT2D eigenvalue weighted by atomic mass is 9.62. The summed E-state index contributed by atoms with van der Waals surface area (Å²) in [6, 6.07) is 24.1. The van der Waals surface area contributed by atoms with Crippen LogP contribution in [0.15, 0.2) is 106 Å². The van der Waals surface area contributed by atoms with Crippen LogP contribution in [0.1, 0.15) is 76.2 Å². The molecule has 12 rings (SSSR count). The summed E-state index contributed by atoms with van der Waals surface area (Å²) in [5.41, 5.74) is 1.53. The highest BCUT2D eigenvalue weighted by atomic mass is 16.6. The molecule has 18 heteroatoms. The number of nitrogens with one attached hydrogen (secondary N) is 4. The largest absolute Gasteiger partial charge is 0.493 e. The molecule has 3 saturated carbocycles. The van der Waals surface area contributed by atoms with E-state index in [1.54, 1.807) is 54.9 Å². The third-order valence-electron chi connectivity index (χ3n) is 15.3. The first-order valence-corrected chi connectivity index (χ1v) is 24.6. The second-order valence-electron chi connectivity index (χ2n) is 21.9. The summed E-state index contributed by atoms with van der Waals surface area (Å²) in [5, 5.41) is 10.0. The molecule has 0 spiro atoms. The number of nitrogens with zero attached hydrogens (tertiary/aromatic N) is 5. The lowest BCUT2D eigenvalue weighted by Gasteiger charge is -2.47. The number of carbonyl (C=O) groups excluding carboxylic acids is 2. The summed E-state index contributed by atoms with van der Waals surface area (Å²) in [5.74, 6) is 1.62. The lowest BCUT2D eigenvalue weighted by Crippen LogP contribution is -2.59. The number of aryl methyl sites for hydroxylation is 2. The maximum atomic E-state index is 13.8. The average Bonchev–Trinajstić information content (AvgIpc) is 3.61. The number of hydrogen-bond donors (Lipinski definition) is 4. The monoisotopic (exact) mass is 986 g/mol. The van der Waals surface area contributed by atoms with Gasteiger partial charge in [-0.05, 0) is 115 Å². The van der Waals surface area contributed by atoms with E-state index in [9.17, 15) is 24.0 Å². The zero-order valence-corrected chi connectivity index (χ0v) is 42.6. The van der Waals surface area contributed by atoms with Crippen LogP contribution in [0.4, 0.5) is 21.0 Å². The zero-order valence-electron chi connectivity index (χ0n) is 42.6. The van der Waals surface area contributed by atoms with E-state index in [1.165, 1.54) is 12.1 Å². The highest BCUT2D eigenvalue weighted by Gasteiger charge is 2.68. The number of amides is 3. The van der Waals surface area contributed by atoms with Gasteiger partial charge in [0.2, 0.25) is 5.88 Å². The summed E-state index contributed by atoms with van der Waals surface area (Å²) in [6.07, 6.45) is 7.85. The summed E-state index contributed by atoms with van der Waals surface area (Å²) in [6.45, 7) is 12.3. The predicted molar refractivity (Wildman–Crippen MR) is 273 cm³/mol. The SMILES string of the molecule is COc1ncccc1NCC12CC(COc3cc(C)n(C)c(=O)c3)(CN1C(=O)OC(C)(C)C)C2.Cc1cc(OCC23CN(C(=O)NC4(c5ccccc5)CC4)C(CNc4ccc[nH]c4=O)(C2)C3)cc(=O)n1C. The van der Waals surface area contributed by atoms with Gasteiger partial charge in [0.15, 0.2) is 0 Å². The van der Waals surface area contributed by atoms with Gasteiger partial charge in [-0.3, -0.25) is 14.4 Å². The third-order valence-corrected chi connectivity index (χ3v) is 15.3. The molecule has 4 N–H and O–H groups in total. The molecule has 7 aliphatic rings. The Bertz CT molecular complexity index is 3020. The number of ether oxygens (including phenoxy) is 4. The number of fused-ring (bicyclic) bond motifs is 2. The van der Waals surface area contributed by atoms with Crippen molar-refractivity contribution in [3.63, 3.8) is 0 Å². The van der Waals surface area contributed by atoms with E-state index < -0.39 is 16.7 Å². The van der Waals surface area contributed by atoms with E-state index in [2.05, 4.69) is 38.1 Å². The Morgan fingerprint density at radius 3 is 1.79 bits per heavy atom. The molecule has 7 fully saturated rings. The summed E-state index contributed by atoms with van der Waals surface area (Å²) in [7, 11) is 5.06. The van der Waals surface area contributed by atoms with E-state index >= 15 is 0 Å². The number of anilines is 2. The molecule has 1 aromatic carbocycles. The van der Waals surface area contributed by atoms with Gasteiger partial charge in [0.25, 0.3) is 16.7 Å². The molecule has 3 aliphatic carbocycles. The van der Waals surface area contributed by atoms with Crippen LogP contribution in [0.2, 0.25) is 0 Å². The minimum absolute atomic E-state index is 0.0843. The van der Waals surface area contributed by atoms with Gasteiger partial charge in [0, 0.05) is 87.0 Å². The Morgan fingerprint density at radius 1 is 0.722 bits per heavy atom. The molecule has 72 heavy (non-hydrogen) atoms. The minimum atomic E-state index is -0.587. The van der Waals surface area contributed by atoms with Gasteiger partial charge < -0.3 is 58.8 Å². The number of rotatable bonds is 15. The predicted octanol–water partition coefficient (Wildman–Crippen LogP) is 6.46. The maximum Gasteiger partial charge on any atom is 0.410 e. The van der Waals surface area contributed by atoms with Gasteiger partial charge in [0.1, 0.15) is 22.8 Å². The molecular weight excluding hydrogens is 919 g/mol. The summed E-state index contributed by atoms with van der Waals surface area (Å²) < 4.78 is 26.5. The topological polar surface area (TPSA) is 203 Å². The first kappa shape index (κ1) is 49.7. The number of H-pyrrole nitrogens is 1. The van der Waals surface area contributed by atoms with Gasteiger partial charge >= 0.3 is 12.1 Å². The number of carbonyl (C=O) groups is 2. The van der Waals surface area contributed by atoms with Crippen molar-refractivity contribution < 1.29 is 28.5 Å². The Labute approximate surface area is 419 Å². The summed E-state index contributed by atoms with van der Waals surface area (Å²) in [4.78, 5) is 74.2. The quantitative estimate of drug-likeness (QED) is 0.0893. The van der Waals surface area contributed by atoms with Crippen LogP contribution in [-0.4, -0.2) is 104 Å². The molecule has 0 unspecified atom stereocenters. The van der Waals surface area contributed by atoms with E-state index in [4.69, 9.17) is 18.9 Å². The van der Waals surface area contributed by atoms with E-state index in [1.807, 2.05) is 86.9 Å². The van der Waals surface area contributed by atoms with Crippen LogP contribution in [0.5, 0.6) is 17.4 Å². The number of pyridine rings is 4. The Hall–Kier alpha value is -7.24. The normalized spacial score (nSPS) is 23.9. The van der Waals surface area contributed by atoms with Crippen LogP contribution in [0.25, 0.3) is 0 Å². The van der Waals surface area contributed by atoms with Crippen LogP contribution < -0.4 is 46.8 Å². The van der Waals surface area contributed by atoms with Gasteiger partial charge in [-0.2, -0.15) is 0 Å². The molecular formula is C54H67N9O9. The standard InChI is InChI=1S/C29H33N5O4.C25H34N4O5/c1-20-13-22(14-24(35)33(20)2)38-19-27-15-28(16-27,17-31-23-9-6-12-30-25(23)36)34(18-27)26(37)32-29(10-11-29)21-7-4-3-5-8-21;1-17-10-18(11-20(30)28(17)5)33-16-24-12-25(13-24,29(15-24)22(31)34-23(2,3)4)14-27-19-8-7-9-26-21(19)32-6/h3-9,12-14,31H,10-11,15-19H2,1-2H3,(H,30,36)(H,32,37);7-11,27H,12-16H2,1-6H3. The van der Waals surface area contributed by atoms with Crippen molar-refractivity contribution in [3.05, 3.63) is 139 Å². The summed E-state index contributed by atoms with van der Waals surface area (Å²) >= 11 is 0. The van der Waals surface area contributed by atoms with Crippen LogP contribution in [0.3, 0.4) is 0 Å². The number of hydrogen-bond acceptors (Lipinski definition) is 12. The lowest BCUT2D eigenvalue weighted by molar-refractivity contribution is 0.000926. The zero-order chi connectivity index (χ0) is 51.3. The molecule has 0 atom stereocenters. The second kappa shape index (κ2) is 18.7. The molecule has 18 nitrogen and oxygen atoms in total. The fourth-order valence-corrected chi connectivity index (χ4v) is 11.4. The average molecular weight is 986 g/mol. The number of methoxy groups -OCH3 is 1. The Balaban J connectivity index is 0.000000179. The minimum Gasteiger partial charge on any atom is -0.493 e. The molecule has 4 bridgehead atoms. The molecule has 382 valence electrons. The van der Waals surface area contributed by atoms with Crippen molar-refractivity contribution >= 4 is 23.5 Å². The molecule has 3 amide bonds. The Morgan fingerprint density at radius 2 is 1.26 bits per heavy atom. The first-order valence-electron chi connectivity index (χ1n) is 24.6. The molecule has 4 aromatic heterocycles. The molecule has 5 aromatic rings. The van der Waals surface area contributed by atoms with Crippen molar-refractivity contribution in [2.45, 2.75) is 95.4 Å². The van der Waals surface area contributed by atoms with Gasteiger partial charge in [-0.15, -0.1) is 0 Å². The number of benzene rings is 1. The fraction of sp³-hybridized carbons (Fsp3) is 0.481. The number of urea groups is 1. The fourth-order valence-electron chi connectivity index (χ4n) is 11.4. The maximum absolute atomic E-state index is 13.8. The molecule has 0 radical (unpaired) electrons. The third kappa shape index (κ3) is 9.87. The molecule has 4 saturated heterocycles. The van der Waals surface area contributed by atoms with Crippen molar-refractivity contribution in [2.75, 3.05) is 57.1 Å². The second-order valence-corrected chi connectivity index (χ2v) is 21.9. The van der Waals surface area contributed by atoms with Crippen molar-refractivity contribution in [1.29, 1.82) is 0 Å². The van der Waals surface area contributed by atoms with E-state index in [-0.39, 0.29) is 45.2 Å². The molecule has 4 aliphatic heterocycles. The highest BCUT2D eigenvalue weighted by Crippen LogP contribution is 2.61. The number of aromatic amines is 1.